The van der Waals surface area contributed by atoms with Crippen molar-refractivity contribution >= 4 is 33.2 Å². The first kappa shape index (κ1) is 20.8. The van der Waals surface area contributed by atoms with E-state index in [0.29, 0.717) is 5.69 Å². The van der Waals surface area contributed by atoms with E-state index in [4.69, 9.17) is 16.9 Å². The SMILES string of the molecule is N#Cc1ncc(C(=O)O)c(N2CCC(S(=O)(=O)c3ccc(-n4ccnc4)cc3Cl)C2)n1. The van der Waals surface area contributed by atoms with Crippen LogP contribution in [0.5, 0.6) is 0 Å². The fourth-order valence-electron chi connectivity index (χ4n) is 3.46. The van der Waals surface area contributed by atoms with Crippen molar-refractivity contribution in [3.05, 3.63) is 59.5 Å². The molecule has 0 aliphatic carbocycles. The molecule has 1 aliphatic rings. The average Bonchev–Trinajstić information content (AvgIpc) is 3.45. The predicted octanol–water partition coefficient (Wildman–Crippen LogP) is 1.94. The second kappa shape index (κ2) is 7.98. The first-order valence-corrected chi connectivity index (χ1v) is 11.0. The molecular weight excluding hydrogens is 444 g/mol. The highest BCUT2D eigenvalue weighted by atomic mass is 35.5. The second-order valence-corrected chi connectivity index (χ2v) is 9.44. The summed E-state index contributed by atoms with van der Waals surface area (Å²) in [6.45, 7) is 0.279. The molecule has 2 aromatic heterocycles. The van der Waals surface area contributed by atoms with Gasteiger partial charge in [0.05, 0.1) is 21.5 Å². The number of aromatic nitrogens is 4. The van der Waals surface area contributed by atoms with Gasteiger partial charge in [0.1, 0.15) is 17.5 Å². The summed E-state index contributed by atoms with van der Waals surface area (Å²) in [6, 6.07) is 6.41. The van der Waals surface area contributed by atoms with Crippen molar-refractivity contribution in [2.45, 2.75) is 16.6 Å². The van der Waals surface area contributed by atoms with Gasteiger partial charge in [0, 0.05) is 37.4 Å². The van der Waals surface area contributed by atoms with Gasteiger partial charge in [-0.1, -0.05) is 11.6 Å². The number of anilines is 1. The van der Waals surface area contributed by atoms with Gasteiger partial charge in [-0.2, -0.15) is 5.26 Å². The largest absolute Gasteiger partial charge is 0.477 e. The van der Waals surface area contributed by atoms with Crippen LogP contribution < -0.4 is 4.90 Å². The number of aromatic carboxylic acids is 1. The van der Waals surface area contributed by atoms with E-state index in [0.717, 1.165) is 6.20 Å². The first-order valence-electron chi connectivity index (χ1n) is 9.08. The lowest BCUT2D eigenvalue weighted by Gasteiger charge is -2.19. The molecule has 1 atom stereocenters. The van der Waals surface area contributed by atoms with Crippen molar-refractivity contribution in [3.63, 3.8) is 0 Å². The zero-order chi connectivity index (χ0) is 22.2. The molecule has 12 heteroatoms. The number of carboxylic acids is 1. The van der Waals surface area contributed by atoms with Crippen molar-refractivity contribution in [3.8, 4) is 11.8 Å². The molecule has 1 aromatic carbocycles. The Labute approximate surface area is 182 Å². The maximum absolute atomic E-state index is 13.2. The molecule has 0 bridgehead atoms. The van der Waals surface area contributed by atoms with Gasteiger partial charge in [0.25, 0.3) is 0 Å². The Kier molecular flexibility index (Phi) is 5.34. The van der Waals surface area contributed by atoms with Crippen LogP contribution in [0.2, 0.25) is 5.02 Å². The van der Waals surface area contributed by atoms with Gasteiger partial charge in [0.15, 0.2) is 9.84 Å². The lowest BCUT2D eigenvalue weighted by molar-refractivity contribution is 0.0696. The first-order chi connectivity index (χ1) is 14.8. The Balaban J connectivity index is 1.62. The molecule has 0 radical (unpaired) electrons. The van der Waals surface area contributed by atoms with Crippen molar-refractivity contribution in [1.82, 2.24) is 19.5 Å². The summed E-state index contributed by atoms with van der Waals surface area (Å²) in [6.07, 6.45) is 6.20. The van der Waals surface area contributed by atoms with E-state index in [9.17, 15) is 18.3 Å². The third-order valence-electron chi connectivity index (χ3n) is 5.01. The Morgan fingerprint density at radius 2 is 2.16 bits per heavy atom. The molecule has 0 spiro atoms. The molecule has 31 heavy (non-hydrogen) atoms. The number of nitriles is 1. The van der Waals surface area contributed by atoms with Gasteiger partial charge in [0.2, 0.25) is 5.82 Å². The minimum atomic E-state index is -3.80. The Hall–Kier alpha value is -3.49. The summed E-state index contributed by atoms with van der Waals surface area (Å²) < 4.78 is 28.2. The van der Waals surface area contributed by atoms with Crippen LogP contribution in [0.3, 0.4) is 0 Å². The van der Waals surface area contributed by atoms with Crippen LogP contribution in [0.4, 0.5) is 5.82 Å². The number of nitrogens with zero attached hydrogens (tertiary/aromatic N) is 6. The molecule has 10 nitrogen and oxygen atoms in total. The van der Waals surface area contributed by atoms with E-state index in [1.54, 1.807) is 46.4 Å². The zero-order valence-corrected chi connectivity index (χ0v) is 17.5. The Morgan fingerprint density at radius 1 is 1.35 bits per heavy atom. The van der Waals surface area contributed by atoms with E-state index in [1.165, 1.54) is 6.07 Å². The zero-order valence-electron chi connectivity index (χ0n) is 15.9. The molecule has 1 unspecified atom stereocenters. The van der Waals surface area contributed by atoms with Crippen LogP contribution in [0.15, 0.2) is 48.0 Å². The summed E-state index contributed by atoms with van der Waals surface area (Å²) in [5.74, 6) is -1.42. The lowest BCUT2D eigenvalue weighted by Crippen LogP contribution is -2.29. The van der Waals surface area contributed by atoms with E-state index in [-0.39, 0.29) is 46.6 Å². The fourth-order valence-corrected chi connectivity index (χ4v) is 5.70. The third kappa shape index (κ3) is 3.83. The number of hydrogen-bond donors (Lipinski definition) is 1. The summed E-state index contributed by atoms with van der Waals surface area (Å²) in [4.78, 5) is 24.7. The topological polar surface area (TPSA) is 142 Å². The fraction of sp³-hybridized carbons (Fsp3) is 0.211. The van der Waals surface area contributed by atoms with Gasteiger partial charge >= 0.3 is 5.97 Å². The monoisotopic (exact) mass is 458 g/mol. The molecule has 0 saturated carbocycles. The van der Waals surface area contributed by atoms with Crippen LogP contribution in [0.25, 0.3) is 5.69 Å². The smallest absolute Gasteiger partial charge is 0.341 e. The average molecular weight is 459 g/mol. The minimum Gasteiger partial charge on any atom is -0.477 e. The van der Waals surface area contributed by atoms with Crippen molar-refractivity contribution < 1.29 is 18.3 Å². The quantitative estimate of drug-likeness (QED) is 0.606. The summed E-state index contributed by atoms with van der Waals surface area (Å²) in [5, 5.41) is 17.7. The van der Waals surface area contributed by atoms with Crippen LogP contribution >= 0.6 is 11.6 Å². The van der Waals surface area contributed by atoms with Crippen molar-refractivity contribution in [2.24, 2.45) is 0 Å². The van der Waals surface area contributed by atoms with Gasteiger partial charge in [-0.3, -0.25) is 0 Å². The molecule has 1 fully saturated rings. The number of sulfone groups is 1. The molecule has 0 amide bonds. The number of carboxylic acid groups (broad SMARTS) is 1. The lowest BCUT2D eigenvalue weighted by atomic mass is 10.3. The van der Waals surface area contributed by atoms with Gasteiger partial charge in [-0.25, -0.2) is 28.2 Å². The maximum atomic E-state index is 13.2. The van der Waals surface area contributed by atoms with Crippen LogP contribution in [0.1, 0.15) is 22.6 Å². The normalized spacial score (nSPS) is 16.3. The Bertz CT molecular complexity index is 1300. The Morgan fingerprint density at radius 3 is 2.81 bits per heavy atom. The summed E-state index contributed by atoms with van der Waals surface area (Å²) in [7, 11) is -3.80. The number of imidazole rings is 1. The van der Waals surface area contributed by atoms with E-state index < -0.39 is 21.1 Å². The van der Waals surface area contributed by atoms with Crippen molar-refractivity contribution in [1.29, 1.82) is 5.26 Å². The van der Waals surface area contributed by atoms with Crippen LogP contribution in [0, 0.1) is 11.3 Å². The molecule has 3 heterocycles. The van der Waals surface area contributed by atoms with E-state index in [2.05, 4.69) is 15.0 Å². The molecule has 1 N–H and O–H groups in total. The highest BCUT2D eigenvalue weighted by molar-refractivity contribution is 7.92. The van der Waals surface area contributed by atoms with Gasteiger partial charge in [-0.15, -0.1) is 0 Å². The molecule has 1 saturated heterocycles. The molecular formula is C19H15ClN6O4S. The van der Waals surface area contributed by atoms with Crippen LogP contribution in [-0.4, -0.2) is 57.4 Å². The summed E-state index contributed by atoms with van der Waals surface area (Å²) >= 11 is 6.31. The van der Waals surface area contributed by atoms with E-state index in [1.807, 2.05) is 0 Å². The number of carbonyl (C=O) groups is 1. The molecule has 3 aromatic rings. The van der Waals surface area contributed by atoms with Crippen LogP contribution in [-0.2, 0) is 9.84 Å². The highest BCUT2D eigenvalue weighted by Gasteiger charge is 2.37. The summed E-state index contributed by atoms with van der Waals surface area (Å²) in [5.41, 5.74) is 0.477. The predicted molar refractivity (Wildman–Crippen MR) is 110 cm³/mol. The standard InChI is InChI=1S/C19H15ClN6O4S/c20-15-7-12(26-6-4-22-11-26)1-2-16(15)31(29,30)13-3-5-25(10-13)18-14(19(27)28)9-23-17(8-21)24-18/h1-2,4,6-7,9,11,13H,3,5,10H2,(H,27,28). The number of hydrogen-bond acceptors (Lipinski definition) is 8. The maximum Gasteiger partial charge on any atom is 0.341 e. The molecule has 158 valence electrons. The minimum absolute atomic E-state index is 0.00346. The number of rotatable bonds is 5. The second-order valence-electron chi connectivity index (χ2n) is 6.83. The third-order valence-corrected chi connectivity index (χ3v) is 7.66. The van der Waals surface area contributed by atoms with Crippen molar-refractivity contribution in [2.75, 3.05) is 18.0 Å². The van der Waals surface area contributed by atoms with E-state index >= 15 is 0 Å². The molecule has 4 rings (SSSR count). The van der Waals surface area contributed by atoms with Gasteiger partial charge in [-0.05, 0) is 24.6 Å². The number of benzene rings is 1. The van der Waals surface area contributed by atoms with Gasteiger partial charge < -0.3 is 14.6 Å². The highest BCUT2D eigenvalue weighted by Crippen LogP contribution is 2.32. The number of halogens is 1. The molecule has 1 aliphatic heterocycles.